The number of carbonyl (C=O) groups excluding carboxylic acids is 1. The lowest BCUT2D eigenvalue weighted by atomic mass is 9.91. The van der Waals surface area contributed by atoms with Crippen molar-refractivity contribution in [1.29, 1.82) is 0 Å². The van der Waals surface area contributed by atoms with E-state index in [-0.39, 0.29) is 11.9 Å². The number of halogens is 1. The van der Waals surface area contributed by atoms with Gasteiger partial charge in [-0.25, -0.2) is 0 Å². The molecular formula is C27H28INO4. The smallest absolute Gasteiger partial charge is 0.255 e. The molecule has 0 radical (unpaired) electrons. The maximum Gasteiger partial charge on any atom is 0.255 e. The van der Waals surface area contributed by atoms with Crippen molar-refractivity contribution >= 4 is 28.5 Å². The Morgan fingerprint density at radius 1 is 1.00 bits per heavy atom. The van der Waals surface area contributed by atoms with Gasteiger partial charge in [-0.2, -0.15) is 0 Å². The predicted octanol–water partition coefficient (Wildman–Crippen LogP) is 5.74. The Morgan fingerprint density at radius 2 is 1.67 bits per heavy atom. The molecular weight excluding hydrogens is 529 g/mol. The average Bonchev–Trinajstić information content (AvgIpc) is 2.80. The van der Waals surface area contributed by atoms with Gasteiger partial charge in [0.05, 0.1) is 25.8 Å². The molecule has 0 spiro atoms. The molecule has 3 aromatic rings. The van der Waals surface area contributed by atoms with Gasteiger partial charge in [-0.1, -0.05) is 18.2 Å². The van der Waals surface area contributed by atoms with Crippen LogP contribution < -0.4 is 14.2 Å². The van der Waals surface area contributed by atoms with E-state index in [2.05, 4.69) is 42.5 Å². The first-order valence-electron chi connectivity index (χ1n) is 10.9. The van der Waals surface area contributed by atoms with Crippen LogP contribution in [0.4, 0.5) is 0 Å². The van der Waals surface area contributed by atoms with E-state index in [0.29, 0.717) is 30.2 Å². The van der Waals surface area contributed by atoms with Crippen LogP contribution in [0.25, 0.3) is 0 Å². The van der Waals surface area contributed by atoms with Gasteiger partial charge in [0.2, 0.25) is 0 Å². The molecule has 1 heterocycles. The summed E-state index contributed by atoms with van der Waals surface area (Å²) in [5.41, 5.74) is 5.17. The molecule has 5 nitrogen and oxygen atoms in total. The SMILES string of the molecule is COc1cc2c(cc1OC)C(COc1cc(C)cc(C)c1)N(C(=O)c1ccccc1I)CC2. The Hall–Kier alpha value is -2.74. The Labute approximate surface area is 208 Å². The first-order chi connectivity index (χ1) is 15.9. The van der Waals surface area contributed by atoms with Gasteiger partial charge in [0.1, 0.15) is 12.4 Å². The topological polar surface area (TPSA) is 48.0 Å². The lowest BCUT2D eigenvalue weighted by Crippen LogP contribution is -2.42. The molecule has 0 bridgehead atoms. The number of aryl methyl sites for hydroxylation is 2. The third-order valence-electron chi connectivity index (χ3n) is 5.97. The quantitative estimate of drug-likeness (QED) is 0.363. The summed E-state index contributed by atoms with van der Waals surface area (Å²) in [6.07, 6.45) is 0.741. The van der Waals surface area contributed by atoms with Crippen LogP contribution in [0.3, 0.4) is 0 Å². The second-order valence-corrected chi connectivity index (χ2v) is 9.45. The molecule has 3 aromatic carbocycles. The van der Waals surface area contributed by atoms with Crippen LogP contribution in [0.2, 0.25) is 0 Å². The molecule has 0 aliphatic carbocycles. The van der Waals surface area contributed by atoms with Gasteiger partial charge in [0.25, 0.3) is 5.91 Å². The third kappa shape index (κ3) is 4.95. The van der Waals surface area contributed by atoms with Crippen molar-refractivity contribution in [3.05, 3.63) is 86.0 Å². The fraction of sp³-hybridized carbons (Fsp3) is 0.296. The first-order valence-corrected chi connectivity index (χ1v) is 12.0. The summed E-state index contributed by atoms with van der Waals surface area (Å²) >= 11 is 2.22. The summed E-state index contributed by atoms with van der Waals surface area (Å²) in [5.74, 6) is 2.16. The number of fused-ring (bicyclic) bond motifs is 1. The minimum absolute atomic E-state index is 0.00876. The number of methoxy groups -OCH3 is 2. The van der Waals surface area contributed by atoms with Gasteiger partial charge in [0.15, 0.2) is 11.5 Å². The Balaban J connectivity index is 1.73. The fourth-order valence-corrected chi connectivity index (χ4v) is 5.05. The van der Waals surface area contributed by atoms with Crippen LogP contribution in [0.5, 0.6) is 17.2 Å². The van der Waals surface area contributed by atoms with Crippen molar-refractivity contribution in [3.8, 4) is 17.2 Å². The van der Waals surface area contributed by atoms with E-state index in [1.165, 1.54) is 0 Å². The fourth-order valence-electron chi connectivity index (χ4n) is 4.43. The van der Waals surface area contributed by atoms with Crippen LogP contribution in [-0.4, -0.2) is 38.2 Å². The Morgan fingerprint density at radius 3 is 2.33 bits per heavy atom. The molecule has 0 saturated carbocycles. The largest absolute Gasteiger partial charge is 0.493 e. The summed E-state index contributed by atoms with van der Waals surface area (Å²) in [4.78, 5) is 15.6. The van der Waals surface area contributed by atoms with Gasteiger partial charge in [-0.05, 0) is 102 Å². The normalized spacial score (nSPS) is 15.1. The second kappa shape index (κ2) is 10.0. The van der Waals surface area contributed by atoms with E-state index in [1.54, 1.807) is 14.2 Å². The van der Waals surface area contributed by atoms with E-state index < -0.39 is 0 Å². The van der Waals surface area contributed by atoms with Gasteiger partial charge >= 0.3 is 0 Å². The molecule has 1 aliphatic heterocycles. The zero-order valence-corrected chi connectivity index (χ0v) is 21.5. The standard InChI is InChI=1S/C27H28INO4/c1-17-11-18(2)13-20(12-17)33-16-24-22-15-26(32-4)25(31-3)14-19(22)9-10-29(24)27(30)21-7-5-6-8-23(21)28/h5-8,11-15,24H,9-10,16H2,1-4H3. The molecule has 0 fully saturated rings. The minimum atomic E-state index is -0.252. The van der Waals surface area contributed by atoms with Gasteiger partial charge in [-0.15, -0.1) is 0 Å². The Bertz CT molecular complexity index is 1160. The number of hydrogen-bond donors (Lipinski definition) is 0. The highest BCUT2D eigenvalue weighted by Crippen LogP contribution is 2.39. The molecule has 1 unspecified atom stereocenters. The maximum atomic E-state index is 13.6. The average molecular weight is 557 g/mol. The summed E-state index contributed by atoms with van der Waals surface area (Å²) in [5, 5.41) is 0. The molecule has 0 saturated heterocycles. The van der Waals surface area contributed by atoms with Crippen molar-refractivity contribution in [2.45, 2.75) is 26.3 Å². The van der Waals surface area contributed by atoms with E-state index in [1.807, 2.05) is 53.4 Å². The molecule has 172 valence electrons. The first kappa shape index (κ1) is 23.4. The molecule has 33 heavy (non-hydrogen) atoms. The van der Waals surface area contributed by atoms with Crippen LogP contribution in [0, 0.1) is 17.4 Å². The maximum absolute atomic E-state index is 13.6. The van der Waals surface area contributed by atoms with Gasteiger partial charge in [-0.3, -0.25) is 4.79 Å². The van der Waals surface area contributed by atoms with Crippen molar-refractivity contribution in [1.82, 2.24) is 4.90 Å². The molecule has 4 rings (SSSR count). The number of amides is 1. The molecule has 1 atom stereocenters. The number of hydrogen-bond acceptors (Lipinski definition) is 4. The van der Waals surface area contributed by atoms with E-state index in [4.69, 9.17) is 14.2 Å². The second-order valence-electron chi connectivity index (χ2n) is 8.28. The number of benzene rings is 3. The molecule has 0 N–H and O–H groups in total. The number of ether oxygens (including phenoxy) is 3. The van der Waals surface area contributed by atoms with Crippen LogP contribution in [-0.2, 0) is 6.42 Å². The zero-order valence-electron chi connectivity index (χ0n) is 19.4. The molecule has 0 aromatic heterocycles. The van der Waals surface area contributed by atoms with E-state index >= 15 is 0 Å². The zero-order chi connectivity index (χ0) is 23.5. The summed E-state index contributed by atoms with van der Waals surface area (Å²) < 4.78 is 18.3. The minimum Gasteiger partial charge on any atom is -0.493 e. The molecule has 6 heteroatoms. The van der Waals surface area contributed by atoms with E-state index in [0.717, 1.165) is 38.0 Å². The summed E-state index contributed by atoms with van der Waals surface area (Å²) in [6.45, 7) is 5.06. The van der Waals surface area contributed by atoms with Gasteiger partial charge in [0, 0.05) is 10.1 Å². The summed E-state index contributed by atoms with van der Waals surface area (Å²) in [6, 6.07) is 17.6. The van der Waals surface area contributed by atoms with Crippen molar-refractivity contribution in [3.63, 3.8) is 0 Å². The lowest BCUT2D eigenvalue weighted by Gasteiger charge is -2.38. The van der Waals surface area contributed by atoms with Crippen LogP contribution >= 0.6 is 22.6 Å². The Kier molecular flexibility index (Phi) is 7.12. The number of nitrogens with zero attached hydrogens (tertiary/aromatic N) is 1. The highest BCUT2D eigenvalue weighted by Gasteiger charge is 2.34. The van der Waals surface area contributed by atoms with E-state index in [9.17, 15) is 4.79 Å². The molecule has 1 amide bonds. The lowest BCUT2D eigenvalue weighted by molar-refractivity contribution is 0.0588. The van der Waals surface area contributed by atoms with Crippen LogP contribution in [0.1, 0.15) is 38.7 Å². The van der Waals surface area contributed by atoms with Crippen LogP contribution in [0.15, 0.2) is 54.6 Å². The van der Waals surface area contributed by atoms with Crippen molar-refractivity contribution in [2.75, 3.05) is 27.4 Å². The van der Waals surface area contributed by atoms with Gasteiger partial charge < -0.3 is 19.1 Å². The predicted molar refractivity (Wildman–Crippen MR) is 138 cm³/mol. The number of carbonyl (C=O) groups is 1. The van der Waals surface area contributed by atoms with Crippen molar-refractivity contribution < 1.29 is 19.0 Å². The number of rotatable bonds is 6. The highest BCUT2D eigenvalue weighted by atomic mass is 127. The third-order valence-corrected chi connectivity index (χ3v) is 6.91. The molecule has 1 aliphatic rings. The highest BCUT2D eigenvalue weighted by molar-refractivity contribution is 14.1. The van der Waals surface area contributed by atoms with Crippen molar-refractivity contribution in [2.24, 2.45) is 0 Å². The summed E-state index contributed by atoms with van der Waals surface area (Å²) in [7, 11) is 3.27. The monoisotopic (exact) mass is 557 g/mol.